The van der Waals surface area contributed by atoms with Gasteiger partial charge >= 0.3 is 5.97 Å². The zero-order chi connectivity index (χ0) is 14.5. The monoisotopic (exact) mass is 284 g/mol. The van der Waals surface area contributed by atoms with E-state index in [4.69, 9.17) is 18.9 Å². The molecule has 4 unspecified atom stereocenters. The first kappa shape index (κ1) is 15.5. The molecule has 0 spiro atoms. The van der Waals surface area contributed by atoms with Gasteiger partial charge in [0, 0.05) is 14.2 Å². The second-order valence-electron chi connectivity index (χ2n) is 5.59. The molecule has 0 saturated heterocycles. The van der Waals surface area contributed by atoms with Crippen molar-refractivity contribution in [1.82, 2.24) is 0 Å². The summed E-state index contributed by atoms with van der Waals surface area (Å²) >= 11 is 0. The highest BCUT2D eigenvalue weighted by Crippen LogP contribution is 2.49. The van der Waals surface area contributed by atoms with Crippen LogP contribution in [-0.2, 0) is 23.7 Å². The number of hydrogen-bond acceptors (Lipinski definition) is 5. The third-order valence-corrected chi connectivity index (χ3v) is 4.20. The van der Waals surface area contributed by atoms with Crippen LogP contribution in [0.2, 0.25) is 0 Å². The molecule has 2 bridgehead atoms. The van der Waals surface area contributed by atoms with Gasteiger partial charge in [0.2, 0.25) is 0 Å². The minimum Gasteiger partial charge on any atom is -0.438 e. The molecular weight excluding hydrogens is 260 g/mol. The van der Waals surface area contributed by atoms with Crippen LogP contribution in [0.3, 0.4) is 0 Å². The Balaban J connectivity index is 2.00. The normalized spacial score (nSPS) is 31.8. The molecule has 2 aliphatic rings. The standard InChI is InChI=1S/C15H24O5/c1-10(15(16)20-9-18-3)6-13-11-4-5-12(7-11)14(13)19-8-17-2/h6,10-12,14H,4-5,7-9H2,1-3H3/b13-6+. The van der Waals surface area contributed by atoms with E-state index in [0.29, 0.717) is 18.6 Å². The van der Waals surface area contributed by atoms with E-state index in [0.717, 1.165) is 0 Å². The van der Waals surface area contributed by atoms with Crippen molar-refractivity contribution in [2.45, 2.75) is 32.3 Å². The number of rotatable bonds is 7. The highest BCUT2D eigenvalue weighted by atomic mass is 16.7. The highest BCUT2D eigenvalue weighted by Gasteiger charge is 2.44. The van der Waals surface area contributed by atoms with Crippen molar-refractivity contribution < 1.29 is 23.7 Å². The molecule has 2 fully saturated rings. The second kappa shape index (κ2) is 7.20. The van der Waals surface area contributed by atoms with E-state index >= 15 is 0 Å². The zero-order valence-electron chi connectivity index (χ0n) is 12.5. The van der Waals surface area contributed by atoms with Crippen LogP contribution in [0, 0.1) is 17.8 Å². The van der Waals surface area contributed by atoms with Gasteiger partial charge in [0.05, 0.1) is 12.0 Å². The Bertz CT molecular complexity index is 365. The number of esters is 1. The molecule has 2 aliphatic carbocycles. The predicted molar refractivity (Wildman–Crippen MR) is 72.8 cm³/mol. The summed E-state index contributed by atoms with van der Waals surface area (Å²) in [6.07, 6.45) is 5.69. The van der Waals surface area contributed by atoms with Crippen LogP contribution in [0.4, 0.5) is 0 Å². The van der Waals surface area contributed by atoms with E-state index in [1.807, 2.05) is 13.0 Å². The van der Waals surface area contributed by atoms with Crippen molar-refractivity contribution >= 4 is 5.97 Å². The minimum atomic E-state index is -0.270. The van der Waals surface area contributed by atoms with Gasteiger partial charge < -0.3 is 18.9 Å². The van der Waals surface area contributed by atoms with Gasteiger partial charge in [0.1, 0.15) is 6.79 Å². The van der Waals surface area contributed by atoms with E-state index in [1.165, 1.54) is 31.9 Å². The minimum absolute atomic E-state index is 0.00199. The summed E-state index contributed by atoms with van der Waals surface area (Å²) in [7, 11) is 3.13. The maximum atomic E-state index is 11.8. The molecule has 0 aromatic rings. The van der Waals surface area contributed by atoms with Crippen LogP contribution in [0.25, 0.3) is 0 Å². The number of methoxy groups -OCH3 is 2. The molecule has 5 heteroatoms. The lowest BCUT2D eigenvalue weighted by atomic mass is 9.89. The quantitative estimate of drug-likeness (QED) is 0.407. The summed E-state index contributed by atoms with van der Waals surface area (Å²) < 4.78 is 20.5. The molecule has 0 aromatic carbocycles. The van der Waals surface area contributed by atoms with Gasteiger partial charge in [0.15, 0.2) is 6.79 Å². The Morgan fingerprint density at radius 3 is 2.75 bits per heavy atom. The van der Waals surface area contributed by atoms with Crippen LogP contribution in [-0.4, -0.2) is 39.9 Å². The first-order chi connectivity index (χ1) is 9.67. The van der Waals surface area contributed by atoms with E-state index in [1.54, 1.807) is 7.11 Å². The van der Waals surface area contributed by atoms with Crippen molar-refractivity contribution in [2.75, 3.05) is 27.8 Å². The first-order valence-corrected chi connectivity index (χ1v) is 7.15. The first-order valence-electron chi connectivity index (χ1n) is 7.15. The van der Waals surface area contributed by atoms with Crippen LogP contribution < -0.4 is 0 Å². The second-order valence-corrected chi connectivity index (χ2v) is 5.59. The van der Waals surface area contributed by atoms with Crippen LogP contribution in [0.1, 0.15) is 26.2 Å². The van der Waals surface area contributed by atoms with E-state index in [-0.39, 0.29) is 24.8 Å². The van der Waals surface area contributed by atoms with Gasteiger partial charge in [-0.2, -0.15) is 0 Å². The van der Waals surface area contributed by atoms with Gasteiger partial charge in [-0.25, -0.2) is 0 Å². The Morgan fingerprint density at radius 1 is 1.30 bits per heavy atom. The SMILES string of the molecule is COCOC(=O)C(C)/C=C1\C2CCC(C2)C1OCOC. The lowest BCUT2D eigenvalue weighted by Gasteiger charge is -2.25. The zero-order valence-corrected chi connectivity index (χ0v) is 12.5. The lowest BCUT2D eigenvalue weighted by molar-refractivity contribution is -0.156. The Kier molecular flexibility index (Phi) is 5.57. The molecule has 0 N–H and O–H groups in total. The summed E-state index contributed by atoms with van der Waals surface area (Å²) in [5.41, 5.74) is 1.25. The summed E-state index contributed by atoms with van der Waals surface area (Å²) in [5.74, 6) is 0.601. The van der Waals surface area contributed by atoms with Crippen molar-refractivity contribution in [2.24, 2.45) is 17.8 Å². The smallest absolute Gasteiger partial charge is 0.314 e. The van der Waals surface area contributed by atoms with Crippen molar-refractivity contribution in [3.8, 4) is 0 Å². The fourth-order valence-corrected chi connectivity index (χ4v) is 3.31. The van der Waals surface area contributed by atoms with Crippen molar-refractivity contribution in [1.29, 1.82) is 0 Å². The summed E-state index contributed by atoms with van der Waals surface area (Å²) in [4.78, 5) is 11.8. The molecule has 5 nitrogen and oxygen atoms in total. The molecule has 2 saturated carbocycles. The van der Waals surface area contributed by atoms with Crippen LogP contribution >= 0.6 is 0 Å². The third kappa shape index (κ3) is 3.40. The summed E-state index contributed by atoms with van der Waals surface area (Å²) in [6.45, 7) is 2.15. The number of ether oxygens (including phenoxy) is 4. The molecule has 2 rings (SSSR count). The molecule has 0 heterocycles. The molecular formula is C15H24O5. The molecule has 0 aromatic heterocycles. The van der Waals surface area contributed by atoms with Gasteiger partial charge in [-0.1, -0.05) is 6.08 Å². The number of carbonyl (C=O) groups excluding carboxylic acids is 1. The molecule has 4 atom stereocenters. The molecule has 0 radical (unpaired) electrons. The molecule has 0 amide bonds. The van der Waals surface area contributed by atoms with Gasteiger partial charge in [-0.3, -0.25) is 4.79 Å². The Hall–Kier alpha value is -0.910. The summed E-state index contributed by atoms with van der Waals surface area (Å²) in [6, 6.07) is 0. The van der Waals surface area contributed by atoms with Gasteiger partial charge in [0.25, 0.3) is 0 Å². The molecule has 114 valence electrons. The predicted octanol–water partition coefficient (Wildman–Crippen LogP) is 2.12. The van der Waals surface area contributed by atoms with Gasteiger partial charge in [-0.05, 0) is 43.6 Å². The average molecular weight is 284 g/mol. The molecule has 0 aliphatic heterocycles. The van der Waals surface area contributed by atoms with Gasteiger partial charge in [-0.15, -0.1) is 0 Å². The van der Waals surface area contributed by atoms with E-state index in [2.05, 4.69) is 0 Å². The third-order valence-electron chi connectivity index (χ3n) is 4.20. The largest absolute Gasteiger partial charge is 0.438 e. The van der Waals surface area contributed by atoms with Crippen molar-refractivity contribution in [3.63, 3.8) is 0 Å². The average Bonchev–Trinajstić information content (AvgIpc) is 3.04. The Labute approximate surface area is 120 Å². The lowest BCUT2D eigenvalue weighted by Crippen LogP contribution is -2.25. The van der Waals surface area contributed by atoms with Crippen LogP contribution in [0.5, 0.6) is 0 Å². The van der Waals surface area contributed by atoms with E-state index in [9.17, 15) is 4.79 Å². The number of hydrogen-bond donors (Lipinski definition) is 0. The van der Waals surface area contributed by atoms with Crippen molar-refractivity contribution in [3.05, 3.63) is 11.6 Å². The Morgan fingerprint density at radius 2 is 2.05 bits per heavy atom. The molecule has 20 heavy (non-hydrogen) atoms. The maximum absolute atomic E-state index is 11.8. The number of carbonyl (C=O) groups is 1. The fraction of sp³-hybridized carbons (Fsp3) is 0.800. The highest BCUT2D eigenvalue weighted by molar-refractivity contribution is 5.74. The topological polar surface area (TPSA) is 54.0 Å². The summed E-state index contributed by atoms with van der Waals surface area (Å²) in [5, 5.41) is 0. The van der Waals surface area contributed by atoms with Crippen LogP contribution in [0.15, 0.2) is 11.6 Å². The maximum Gasteiger partial charge on any atom is 0.314 e. The fourth-order valence-electron chi connectivity index (χ4n) is 3.31. The van der Waals surface area contributed by atoms with E-state index < -0.39 is 0 Å². The number of fused-ring (bicyclic) bond motifs is 2.